The molecule has 28 heavy (non-hydrogen) atoms. The minimum absolute atomic E-state index is 0.241. The zero-order valence-electron chi connectivity index (χ0n) is 15.5. The molecule has 0 saturated carbocycles. The number of methoxy groups -OCH3 is 1. The van der Waals surface area contributed by atoms with Crippen LogP contribution < -0.4 is 10.4 Å². The van der Waals surface area contributed by atoms with Crippen LogP contribution in [-0.2, 0) is 4.74 Å². The van der Waals surface area contributed by atoms with Gasteiger partial charge in [0, 0.05) is 10.8 Å². The molecule has 0 aliphatic heterocycles. The van der Waals surface area contributed by atoms with E-state index < -0.39 is 11.6 Å². The first-order chi connectivity index (χ1) is 13.6. The Labute approximate surface area is 161 Å². The summed E-state index contributed by atoms with van der Waals surface area (Å²) in [6.07, 6.45) is 0. The van der Waals surface area contributed by atoms with Crippen LogP contribution in [0, 0.1) is 0 Å². The molecule has 0 aliphatic carbocycles. The monoisotopic (exact) mass is 374 g/mol. The van der Waals surface area contributed by atoms with Crippen LogP contribution in [-0.4, -0.2) is 19.7 Å². The first-order valence-electron chi connectivity index (χ1n) is 8.93. The summed E-state index contributed by atoms with van der Waals surface area (Å²) in [6.45, 7) is 1.99. The number of fused-ring (bicyclic) bond motifs is 3. The largest absolute Gasteiger partial charge is 0.497 e. The molecule has 0 fully saturated rings. The molecule has 0 unspecified atom stereocenters. The van der Waals surface area contributed by atoms with Crippen molar-refractivity contribution >= 4 is 27.7 Å². The van der Waals surface area contributed by atoms with Crippen molar-refractivity contribution < 1.29 is 18.7 Å². The molecule has 0 atom stereocenters. The highest BCUT2D eigenvalue weighted by Crippen LogP contribution is 2.32. The normalized spacial score (nSPS) is 10.9. The molecule has 0 spiro atoms. The van der Waals surface area contributed by atoms with Crippen LogP contribution in [0.4, 0.5) is 0 Å². The summed E-state index contributed by atoms with van der Waals surface area (Å²) in [4.78, 5) is 25.1. The summed E-state index contributed by atoms with van der Waals surface area (Å²) >= 11 is 0. The van der Waals surface area contributed by atoms with Gasteiger partial charge in [0.2, 0.25) is 0 Å². The van der Waals surface area contributed by atoms with Gasteiger partial charge in [0.25, 0.3) is 0 Å². The maximum absolute atomic E-state index is 12.6. The number of benzene rings is 3. The first-order valence-corrected chi connectivity index (χ1v) is 8.93. The standard InChI is InChI=1S/C23H18O5/c1-3-27-22(24)19-13-20-18(16-6-4-5-7-21(16)28-23(20)25)12-17(19)14-8-10-15(26-2)11-9-14/h4-13H,3H2,1-2H3. The van der Waals surface area contributed by atoms with Crippen molar-refractivity contribution in [3.8, 4) is 16.9 Å². The smallest absolute Gasteiger partial charge is 0.344 e. The molecule has 5 heteroatoms. The van der Waals surface area contributed by atoms with E-state index in [1.807, 2.05) is 48.5 Å². The van der Waals surface area contributed by atoms with Crippen molar-refractivity contribution in [2.75, 3.05) is 13.7 Å². The number of rotatable bonds is 4. The van der Waals surface area contributed by atoms with Gasteiger partial charge in [-0.2, -0.15) is 0 Å². The summed E-state index contributed by atoms with van der Waals surface area (Å²) in [5.41, 5.74) is 1.85. The second kappa shape index (κ2) is 7.19. The average Bonchev–Trinajstić information content (AvgIpc) is 2.73. The zero-order valence-corrected chi connectivity index (χ0v) is 15.5. The Morgan fingerprint density at radius 3 is 2.43 bits per heavy atom. The van der Waals surface area contributed by atoms with Gasteiger partial charge < -0.3 is 13.9 Å². The summed E-state index contributed by atoms with van der Waals surface area (Å²) < 4.78 is 15.9. The summed E-state index contributed by atoms with van der Waals surface area (Å²) in [7, 11) is 1.60. The van der Waals surface area contributed by atoms with Crippen LogP contribution in [0.1, 0.15) is 17.3 Å². The van der Waals surface area contributed by atoms with Gasteiger partial charge in [0.15, 0.2) is 0 Å². The highest BCUT2D eigenvalue weighted by atomic mass is 16.5. The fraction of sp³-hybridized carbons (Fsp3) is 0.130. The molecule has 1 aromatic heterocycles. The van der Waals surface area contributed by atoms with Gasteiger partial charge in [-0.15, -0.1) is 0 Å². The lowest BCUT2D eigenvalue weighted by atomic mass is 9.94. The molecule has 3 aromatic carbocycles. The fourth-order valence-corrected chi connectivity index (χ4v) is 3.31. The maximum Gasteiger partial charge on any atom is 0.344 e. The third-order valence-electron chi connectivity index (χ3n) is 4.65. The second-order valence-corrected chi connectivity index (χ2v) is 6.28. The number of ether oxygens (including phenoxy) is 2. The highest BCUT2D eigenvalue weighted by molar-refractivity contribution is 6.10. The molecule has 0 saturated heterocycles. The average molecular weight is 374 g/mol. The molecule has 0 aliphatic rings. The van der Waals surface area contributed by atoms with Gasteiger partial charge >= 0.3 is 11.6 Å². The van der Waals surface area contributed by atoms with Crippen LogP contribution in [0.2, 0.25) is 0 Å². The summed E-state index contributed by atoms with van der Waals surface area (Å²) in [6, 6.07) is 18.1. The molecule has 0 bridgehead atoms. The quantitative estimate of drug-likeness (QED) is 0.292. The van der Waals surface area contributed by atoms with Gasteiger partial charge in [-0.05, 0) is 48.4 Å². The molecule has 4 rings (SSSR count). The Bertz CT molecular complexity index is 1240. The van der Waals surface area contributed by atoms with E-state index in [0.29, 0.717) is 27.8 Å². The molecule has 0 N–H and O–H groups in total. The van der Waals surface area contributed by atoms with Gasteiger partial charge in [-0.1, -0.05) is 30.3 Å². The molecule has 140 valence electrons. The van der Waals surface area contributed by atoms with Crippen LogP contribution in [0.5, 0.6) is 5.75 Å². The lowest BCUT2D eigenvalue weighted by Gasteiger charge is -2.12. The Morgan fingerprint density at radius 1 is 0.964 bits per heavy atom. The predicted molar refractivity (Wildman–Crippen MR) is 108 cm³/mol. The van der Waals surface area contributed by atoms with Crippen LogP contribution in [0.3, 0.4) is 0 Å². The van der Waals surface area contributed by atoms with Crippen molar-refractivity contribution in [1.29, 1.82) is 0 Å². The number of carbonyl (C=O) groups is 1. The minimum atomic E-state index is -0.486. The van der Waals surface area contributed by atoms with E-state index in [2.05, 4.69) is 0 Å². The van der Waals surface area contributed by atoms with E-state index >= 15 is 0 Å². The van der Waals surface area contributed by atoms with Crippen LogP contribution in [0.25, 0.3) is 32.9 Å². The van der Waals surface area contributed by atoms with Crippen molar-refractivity contribution in [2.45, 2.75) is 6.92 Å². The molecule has 4 aromatic rings. The Kier molecular flexibility index (Phi) is 4.57. The summed E-state index contributed by atoms with van der Waals surface area (Å²) in [5.74, 6) is 0.232. The molecule has 1 heterocycles. The van der Waals surface area contributed by atoms with E-state index in [9.17, 15) is 9.59 Å². The summed E-state index contributed by atoms with van der Waals surface area (Å²) in [5, 5.41) is 1.88. The van der Waals surface area contributed by atoms with Crippen molar-refractivity contribution in [2.24, 2.45) is 0 Å². The van der Waals surface area contributed by atoms with E-state index in [1.54, 1.807) is 26.2 Å². The minimum Gasteiger partial charge on any atom is -0.497 e. The van der Waals surface area contributed by atoms with E-state index in [1.165, 1.54) is 0 Å². The first kappa shape index (κ1) is 17.8. The van der Waals surface area contributed by atoms with Crippen LogP contribution in [0.15, 0.2) is 69.9 Å². The molecule has 0 radical (unpaired) electrons. The molecular weight excluding hydrogens is 356 g/mol. The Morgan fingerprint density at radius 2 is 1.71 bits per heavy atom. The number of carbonyl (C=O) groups excluding carboxylic acids is 1. The third-order valence-corrected chi connectivity index (χ3v) is 4.65. The number of esters is 1. The molecular formula is C23H18O5. The maximum atomic E-state index is 12.6. The number of hydrogen-bond donors (Lipinski definition) is 0. The van der Waals surface area contributed by atoms with Crippen LogP contribution >= 0.6 is 0 Å². The van der Waals surface area contributed by atoms with Gasteiger partial charge in [0.1, 0.15) is 11.3 Å². The third kappa shape index (κ3) is 3.01. The Hall–Kier alpha value is -3.60. The molecule has 0 amide bonds. The lowest BCUT2D eigenvalue weighted by molar-refractivity contribution is 0.0527. The van der Waals surface area contributed by atoms with E-state index in [0.717, 1.165) is 16.3 Å². The fourth-order valence-electron chi connectivity index (χ4n) is 3.31. The second-order valence-electron chi connectivity index (χ2n) is 6.28. The number of para-hydroxylation sites is 1. The van der Waals surface area contributed by atoms with Gasteiger partial charge in [0.05, 0.1) is 24.7 Å². The number of hydrogen-bond acceptors (Lipinski definition) is 5. The lowest BCUT2D eigenvalue weighted by Crippen LogP contribution is -2.09. The SMILES string of the molecule is CCOC(=O)c1cc2c(=O)oc3ccccc3c2cc1-c1ccc(OC)cc1. The van der Waals surface area contributed by atoms with Crippen molar-refractivity contribution in [3.05, 3.63) is 76.6 Å². The van der Waals surface area contributed by atoms with E-state index in [-0.39, 0.29) is 6.61 Å². The highest BCUT2D eigenvalue weighted by Gasteiger charge is 2.18. The van der Waals surface area contributed by atoms with Gasteiger partial charge in [-0.3, -0.25) is 0 Å². The molecule has 5 nitrogen and oxygen atoms in total. The predicted octanol–water partition coefficient (Wildman–Crippen LogP) is 4.80. The van der Waals surface area contributed by atoms with E-state index in [4.69, 9.17) is 13.9 Å². The van der Waals surface area contributed by atoms with Crippen molar-refractivity contribution in [1.82, 2.24) is 0 Å². The topological polar surface area (TPSA) is 65.7 Å². The zero-order chi connectivity index (χ0) is 19.7. The van der Waals surface area contributed by atoms with Crippen molar-refractivity contribution in [3.63, 3.8) is 0 Å². The Balaban J connectivity index is 2.06. The van der Waals surface area contributed by atoms with Gasteiger partial charge in [-0.25, -0.2) is 9.59 Å².